The minimum Gasteiger partial charge on any atom is -0.385 e. The van der Waals surface area contributed by atoms with Gasteiger partial charge in [-0.05, 0) is 28.7 Å². The van der Waals surface area contributed by atoms with Gasteiger partial charge in [0, 0.05) is 16.8 Å². The molecule has 1 N–H and O–H groups in total. The standard InChI is InChI=1S/C6H6ClIN2/c1-9-5-4(8)2-3-10-6(5)7/h2-3,9H,1H3. The Morgan fingerprint density at radius 2 is 2.40 bits per heavy atom. The predicted octanol–water partition coefficient (Wildman–Crippen LogP) is 2.38. The van der Waals surface area contributed by atoms with E-state index in [9.17, 15) is 0 Å². The Kier molecular flexibility index (Phi) is 2.73. The van der Waals surface area contributed by atoms with E-state index in [1.54, 1.807) is 6.20 Å². The first kappa shape index (κ1) is 8.07. The first-order valence-electron chi connectivity index (χ1n) is 2.73. The van der Waals surface area contributed by atoms with E-state index < -0.39 is 0 Å². The lowest BCUT2D eigenvalue weighted by Crippen LogP contribution is -1.93. The molecule has 1 aromatic heterocycles. The number of pyridine rings is 1. The van der Waals surface area contributed by atoms with Gasteiger partial charge in [0.1, 0.15) is 0 Å². The maximum atomic E-state index is 5.75. The molecule has 0 amide bonds. The van der Waals surface area contributed by atoms with Gasteiger partial charge in [0.2, 0.25) is 0 Å². The Hall–Kier alpha value is -0.0300. The summed E-state index contributed by atoms with van der Waals surface area (Å²) in [6.07, 6.45) is 1.69. The molecule has 1 aromatic rings. The smallest absolute Gasteiger partial charge is 0.153 e. The molecule has 0 atom stereocenters. The van der Waals surface area contributed by atoms with Crippen molar-refractivity contribution in [1.29, 1.82) is 0 Å². The van der Waals surface area contributed by atoms with Crippen LogP contribution in [0.3, 0.4) is 0 Å². The summed E-state index contributed by atoms with van der Waals surface area (Å²) in [7, 11) is 1.82. The zero-order valence-corrected chi connectivity index (χ0v) is 8.27. The van der Waals surface area contributed by atoms with Gasteiger partial charge < -0.3 is 5.32 Å². The van der Waals surface area contributed by atoms with Gasteiger partial charge in [-0.2, -0.15) is 0 Å². The maximum Gasteiger partial charge on any atom is 0.153 e. The molecule has 0 radical (unpaired) electrons. The highest BCUT2D eigenvalue weighted by Crippen LogP contribution is 2.23. The summed E-state index contributed by atoms with van der Waals surface area (Å²) in [5.41, 5.74) is 0.893. The van der Waals surface area contributed by atoms with Crippen LogP contribution in [0.2, 0.25) is 5.15 Å². The Labute approximate surface area is 78.1 Å². The van der Waals surface area contributed by atoms with Gasteiger partial charge in [0.05, 0.1) is 5.69 Å². The average Bonchev–Trinajstić information content (AvgIpc) is 1.88. The molecule has 0 saturated carbocycles. The molecular formula is C6H6ClIN2. The summed E-state index contributed by atoms with van der Waals surface area (Å²) in [5.74, 6) is 0. The Morgan fingerprint density at radius 3 is 2.80 bits per heavy atom. The molecule has 0 spiro atoms. The topological polar surface area (TPSA) is 24.9 Å². The Morgan fingerprint density at radius 1 is 1.70 bits per heavy atom. The average molecular weight is 268 g/mol. The molecule has 0 aliphatic heterocycles. The van der Waals surface area contributed by atoms with Gasteiger partial charge >= 0.3 is 0 Å². The molecule has 1 rings (SSSR count). The summed E-state index contributed by atoms with van der Waals surface area (Å²) >= 11 is 7.95. The number of halogens is 2. The normalized spacial score (nSPS) is 9.50. The van der Waals surface area contributed by atoms with Crippen molar-refractivity contribution in [3.63, 3.8) is 0 Å². The third-order valence-corrected chi connectivity index (χ3v) is 2.29. The third kappa shape index (κ3) is 1.52. The SMILES string of the molecule is CNc1c(I)ccnc1Cl. The van der Waals surface area contributed by atoms with Crippen molar-refractivity contribution in [2.75, 3.05) is 12.4 Å². The molecule has 0 aliphatic carbocycles. The van der Waals surface area contributed by atoms with Crippen LogP contribution in [-0.2, 0) is 0 Å². The second-order valence-electron chi connectivity index (χ2n) is 1.71. The monoisotopic (exact) mass is 268 g/mol. The van der Waals surface area contributed by atoms with E-state index in [1.165, 1.54) is 0 Å². The van der Waals surface area contributed by atoms with Crippen LogP contribution in [0.5, 0.6) is 0 Å². The van der Waals surface area contributed by atoms with Crippen LogP contribution in [0.4, 0.5) is 5.69 Å². The fourth-order valence-corrected chi connectivity index (χ4v) is 1.74. The highest BCUT2D eigenvalue weighted by Gasteiger charge is 2.01. The van der Waals surface area contributed by atoms with Gasteiger partial charge in [-0.25, -0.2) is 4.98 Å². The quantitative estimate of drug-likeness (QED) is 0.625. The first-order valence-corrected chi connectivity index (χ1v) is 4.19. The van der Waals surface area contributed by atoms with E-state index in [2.05, 4.69) is 32.9 Å². The molecule has 4 heteroatoms. The van der Waals surface area contributed by atoms with Crippen molar-refractivity contribution < 1.29 is 0 Å². The second-order valence-corrected chi connectivity index (χ2v) is 3.23. The lowest BCUT2D eigenvalue weighted by molar-refractivity contribution is 1.30. The third-order valence-electron chi connectivity index (χ3n) is 1.10. The van der Waals surface area contributed by atoms with E-state index in [-0.39, 0.29) is 0 Å². The molecule has 0 fully saturated rings. The van der Waals surface area contributed by atoms with Crippen LogP contribution in [0, 0.1) is 3.57 Å². The van der Waals surface area contributed by atoms with Gasteiger partial charge in [-0.1, -0.05) is 11.6 Å². The molecule has 0 unspecified atom stereocenters. The molecule has 0 aliphatic rings. The lowest BCUT2D eigenvalue weighted by atomic mass is 10.4. The minimum atomic E-state index is 0.523. The zero-order chi connectivity index (χ0) is 7.56. The van der Waals surface area contributed by atoms with Crippen molar-refractivity contribution in [2.24, 2.45) is 0 Å². The van der Waals surface area contributed by atoms with E-state index in [4.69, 9.17) is 11.6 Å². The highest BCUT2D eigenvalue weighted by molar-refractivity contribution is 14.1. The van der Waals surface area contributed by atoms with Crippen molar-refractivity contribution >= 4 is 39.9 Å². The molecular weight excluding hydrogens is 262 g/mol. The van der Waals surface area contributed by atoms with Crippen LogP contribution in [-0.4, -0.2) is 12.0 Å². The predicted molar refractivity (Wildman–Crippen MR) is 51.5 cm³/mol. The van der Waals surface area contributed by atoms with Gasteiger partial charge in [0.15, 0.2) is 5.15 Å². The van der Waals surface area contributed by atoms with Crippen LogP contribution >= 0.6 is 34.2 Å². The van der Waals surface area contributed by atoms with Crippen LogP contribution < -0.4 is 5.32 Å². The summed E-state index contributed by atoms with van der Waals surface area (Å²) in [6.45, 7) is 0. The summed E-state index contributed by atoms with van der Waals surface area (Å²) in [6, 6.07) is 1.90. The van der Waals surface area contributed by atoms with Crippen LogP contribution in [0.15, 0.2) is 12.3 Å². The molecule has 54 valence electrons. The van der Waals surface area contributed by atoms with Gasteiger partial charge in [-0.3, -0.25) is 0 Å². The van der Waals surface area contributed by atoms with Crippen molar-refractivity contribution in [3.05, 3.63) is 21.0 Å². The largest absolute Gasteiger partial charge is 0.385 e. The number of nitrogens with one attached hydrogen (secondary N) is 1. The van der Waals surface area contributed by atoms with Crippen molar-refractivity contribution in [2.45, 2.75) is 0 Å². The molecule has 0 saturated heterocycles. The van der Waals surface area contributed by atoms with Gasteiger partial charge in [0.25, 0.3) is 0 Å². The van der Waals surface area contributed by atoms with Crippen LogP contribution in [0.25, 0.3) is 0 Å². The van der Waals surface area contributed by atoms with E-state index >= 15 is 0 Å². The van der Waals surface area contributed by atoms with Crippen LogP contribution in [0.1, 0.15) is 0 Å². The molecule has 1 heterocycles. The second kappa shape index (κ2) is 3.39. The number of hydrogen-bond acceptors (Lipinski definition) is 2. The summed E-state index contributed by atoms with van der Waals surface area (Å²) in [5, 5.41) is 3.48. The molecule has 0 aromatic carbocycles. The highest BCUT2D eigenvalue weighted by atomic mass is 127. The minimum absolute atomic E-state index is 0.523. The van der Waals surface area contributed by atoms with Crippen molar-refractivity contribution in [3.8, 4) is 0 Å². The number of hydrogen-bond donors (Lipinski definition) is 1. The Balaban J connectivity index is 3.17. The fraction of sp³-hybridized carbons (Fsp3) is 0.167. The van der Waals surface area contributed by atoms with Crippen molar-refractivity contribution in [1.82, 2.24) is 4.98 Å². The number of rotatable bonds is 1. The molecule has 0 bridgehead atoms. The van der Waals surface area contributed by atoms with Gasteiger partial charge in [-0.15, -0.1) is 0 Å². The van der Waals surface area contributed by atoms with E-state index in [0.29, 0.717) is 5.15 Å². The number of aromatic nitrogens is 1. The maximum absolute atomic E-state index is 5.75. The molecule has 2 nitrogen and oxygen atoms in total. The number of anilines is 1. The molecule has 10 heavy (non-hydrogen) atoms. The van der Waals surface area contributed by atoms with E-state index in [1.807, 2.05) is 13.1 Å². The van der Waals surface area contributed by atoms with E-state index in [0.717, 1.165) is 9.26 Å². The zero-order valence-electron chi connectivity index (χ0n) is 5.36. The lowest BCUT2D eigenvalue weighted by Gasteiger charge is -2.02. The Bertz CT molecular complexity index is 219. The summed E-state index contributed by atoms with van der Waals surface area (Å²) in [4.78, 5) is 3.91. The fourth-order valence-electron chi connectivity index (χ4n) is 0.637. The first-order chi connectivity index (χ1) is 4.75. The summed E-state index contributed by atoms with van der Waals surface area (Å²) < 4.78 is 1.08. The number of nitrogens with zero attached hydrogens (tertiary/aromatic N) is 1.